The van der Waals surface area contributed by atoms with Gasteiger partial charge in [-0.3, -0.25) is 0 Å². The molecule has 20 heavy (non-hydrogen) atoms. The summed E-state index contributed by atoms with van der Waals surface area (Å²) in [6.45, 7) is 4.40. The zero-order valence-corrected chi connectivity index (χ0v) is 11.8. The highest BCUT2D eigenvalue weighted by atomic mass is 19.1. The maximum absolute atomic E-state index is 14.1. The molecule has 0 spiro atoms. The van der Waals surface area contributed by atoms with Crippen LogP contribution in [0.25, 0.3) is 0 Å². The van der Waals surface area contributed by atoms with E-state index < -0.39 is 23.2 Å². The quantitative estimate of drug-likeness (QED) is 0.837. The smallest absolute Gasteiger partial charge is 0.335 e. The number of aromatic carboxylic acids is 1. The van der Waals surface area contributed by atoms with Crippen LogP contribution in [0.4, 0.5) is 14.5 Å². The molecule has 0 radical (unpaired) electrons. The molecule has 0 saturated carbocycles. The molecule has 112 valence electrons. The van der Waals surface area contributed by atoms with E-state index in [-0.39, 0.29) is 11.7 Å². The molecule has 0 amide bonds. The van der Waals surface area contributed by atoms with E-state index in [0.717, 1.165) is 12.1 Å². The number of ether oxygens (including phenoxy) is 1. The molecule has 1 aromatic carbocycles. The van der Waals surface area contributed by atoms with Crippen molar-refractivity contribution in [2.75, 3.05) is 25.2 Å². The summed E-state index contributed by atoms with van der Waals surface area (Å²) in [5.41, 5.74) is -0.610. The monoisotopic (exact) mass is 287 g/mol. The number of halogens is 2. The number of carboxylic acids is 1. The van der Waals surface area contributed by atoms with Gasteiger partial charge in [-0.2, -0.15) is 0 Å². The third-order valence-electron chi connectivity index (χ3n) is 3.21. The minimum atomic E-state index is -1.36. The van der Waals surface area contributed by atoms with Gasteiger partial charge in [0.15, 0.2) is 0 Å². The van der Waals surface area contributed by atoms with E-state index in [2.05, 4.69) is 0 Å². The van der Waals surface area contributed by atoms with Crippen molar-refractivity contribution in [1.82, 2.24) is 0 Å². The van der Waals surface area contributed by atoms with Crippen molar-refractivity contribution in [1.29, 1.82) is 0 Å². The Kier molecular flexibility index (Phi) is 5.88. The van der Waals surface area contributed by atoms with Crippen molar-refractivity contribution < 1.29 is 23.4 Å². The number of nitrogens with zero attached hydrogens (tertiary/aromatic N) is 1. The number of methoxy groups -OCH3 is 1. The lowest BCUT2D eigenvalue weighted by atomic mass is 10.1. The molecule has 1 N–H and O–H groups in total. The molecular weight excluding hydrogens is 268 g/mol. The first kappa shape index (κ1) is 16.4. The van der Waals surface area contributed by atoms with Crippen molar-refractivity contribution in [3.8, 4) is 0 Å². The van der Waals surface area contributed by atoms with Gasteiger partial charge in [0, 0.05) is 19.7 Å². The maximum atomic E-state index is 14.1. The fraction of sp³-hybridized carbons (Fsp3) is 0.500. The first-order valence-electron chi connectivity index (χ1n) is 6.40. The average molecular weight is 287 g/mol. The van der Waals surface area contributed by atoms with Gasteiger partial charge in [-0.25, -0.2) is 13.6 Å². The number of hydrogen-bond acceptors (Lipinski definition) is 3. The summed E-state index contributed by atoms with van der Waals surface area (Å²) in [5, 5.41) is 8.79. The van der Waals surface area contributed by atoms with E-state index in [1.807, 2.05) is 13.8 Å². The van der Waals surface area contributed by atoms with E-state index in [9.17, 15) is 13.6 Å². The molecular formula is C14H19F2NO3. The largest absolute Gasteiger partial charge is 0.478 e. The highest BCUT2D eigenvalue weighted by molar-refractivity contribution is 5.88. The minimum Gasteiger partial charge on any atom is -0.478 e. The Morgan fingerprint density at radius 2 is 1.95 bits per heavy atom. The Hall–Kier alpha value is -1.69. The van der Waals surface area contributed by atoms with Crippen LogP contribution in [0.1, 0.15) is 30.6 Å². The molecule has 1 unspecified atom stereocenters. The third-order valence-corrected chi connectivity index (χ3v) is 3.21. The second-order valence-electron chi connectivity index (χ2n) is 4.54. The molecule has 0 aliphatic carbocycles. The average Bonchev–Trinajstić information content (AvgIpc) is 2.40. The molecule has 6 heteroatoms. The highest BCUT2D eigenvalue weighted by Gasteiger charge is 2.22. The Balaban J connectivity index is 3.22. The standard InChI is InChI=1S/C14H19F2NO3/c1-4-9(2)17(5-6-20-3)13-11(15)7-10(14(18)19)8-12(13)16/h7-9H,4-6H2,1-3H3,(H,18,19). The van der Waals surface area contributed by atoms with Gasteiger partial charge in [0.2, 0.25) is 0 Å². The zero-order valence-electron chi connectivity index (χ0n) is 11.8. The number of rotatable bonds is 7. The fourth-order valence-electron chi connectivity index (χ4n) is 1.93. The highest BCUT2D eigenvalue weighted by Crippen LogP contribution is 2.27. The summed E-state index contributed by atoms with van der Waals surface area (Å²) in [5.74, 6) is -3.11. The fourth-order valence-corrected chi connectivity index (χ4v) is 1.93. The summed E-state index contributed by atoms with van der Waals surface area (Å²) in [6, 6.07) is 1.58. The van der Waals surface area contributed by atoms with Crippen LogP contribution in [0.3, 0.4) is 0 Å². The first-order valence-corrected chi connectivity index (χ1v) is 6.40. The summed E-state index contributed by atoms with van der Waals surface area (Å²) in [6.07, 6.45) is 0.698. The molecule has 0 aromatic heterocycles. The van der Waals surface area contributed by atoms with Gasteiger partial charge in [-0.05, 0) is 25.5 Å². The molecule has 0 aliphatic heterocycles. The van der Waals surface area contributed by atoms with Crippen molar-refractivity contribution in [3.63, 3.8) is 0 Å². The summed E-state index contributed by atoms with van der Waals surface area (Å²) in [4.78, 5) is 12.3. The molecule has 0 bridgehead atoms. The van der Waals surface area contributed by atoms with Gasteiger partial charge in [-0.1, -0.05) is 6.92 Å². The van der Waals surface area contributed by atoms with Crippen molar-refractivity contribution >= 4 is 11.7 Å². The zero-order chi connectivity index (χ0) is 15.3. The number of hydrogen-bond donors (Lipinski definition) is 1. The lowest BCUT2D eigenvalue weighted by molar-refractivity contribution is 0.0695. The van der Waals surface area contributed by atoms with E-state index in [1.165, 1.54) is 7.11 Å². The van der Waals surface area contributed by atoms with Crippen LogP contribution in [0.15, 0.2) is 12.1 Å². The molecule has 0 aliphatic rings. The van der Waals surface area contributed by atoms with E-state index in [1.54, 1.807) is 4.90 Å². The van der Waals surface area contributed by atoms with Gasteiger partial charge in [0.1, 0.15) is 17.3 Å². The van der Waals surface area contributed by atoms with Crippen LogP contribution in [0.5, 0.6) is 0 Å². The second-order valence-corrected chi connectivity index (χ2v) is 4.54. The van der Waals surface area contributed by atoms with Crippen LogP contribution in [-0.2, 0) is 4.74 Å². The normalized spacial score (nSPS) is 12.2. The van der Waals surface area contributed by atoms with Gasteiger partial charge in [0.25, 0.3) is 0 Å². The second kappa shape index (κ2) is 7.19. The molecule has 0 saturated heterocycles. The van der Waals surface area contributed by atoms with Crippen LogP contribution in [0.2, 0.25) is 0 Å². The topological polar surface area (TPSA) is 49.8 Å². The van der Waals surface area contributed by atoms with Crippen LogP contribution >= 0.6 is 0 Å². The molecule has 4 nitrogen and oxygen atoms in total. The summed E-state index contributed by atoms with van der Waals surface area (Å²) >= 11 is 0. The molecule has 1 aromatic rings. The predicted octanol–water partition coefficient (Wildman–Crippen LogP) is 2.91. The predicted molar refractivity (Wildman–Crippen MR) is 72.3 cm³/mol. The Bertz CT molecular complexity index is 456. The number of carbonyl (C=O) groups is 1. The molecule has 1 atom stereocenters. The number of benzene rings is 1. The SMILES string of the molecule is CCC(C)N(CCOC)c1c(F)cc(C(=O)O)cc1F. The number of carboxylic acid groups (broad SMARTS) is 1. The first-order chi connectivity index (χ1) is 9.42. The third kappa shape index (κ3) is 3.66. The van der Waals surface area contributed by atoms with Crippen molar-refractivity contribution in [3.05, 3.63) is 29.3 Å². The Labute approximate surface area is 117 Å². The van der Waals surface area contributed by atoms with Gasteiger partial charge in [0.05, 0.1) is 12.2 Å². The lowest BCUT2D eigenvalue weighted by Crippen LogP contribution is -2.36. The van der Waals surface area contributed by atoms with Crippen LogP contribution in [0, 0.1) is 11.6 Å². The van der Waals surface area contributed by atoms with Crippen LogP contribution in [-0.4, -0.2) is 37.4 Å². The maximum Gasteiger partial charge on any atom is 0.335 e. The van der Waals surface area contributed by atoms with Gasteiger partial charge < -0.3 is 14.7 Å². The molecule has 0 heterocycles. The molecule has 1 rings (SSSR count). The summed E-state index contributed by atoms with van der Waals surface area (Å²) < 4.78 is 33.1. The van der Waals surface area contributed by atoms with E-state index in [0.29, 0.717) is 19.6 Å². The van der Waals surface area contributed by atoms with E-state index >= 15 is 0 Å². The number of anilines is 1. The van der Waals surface area contributed by atoms with Gasteiger partial charge >= 0.3 is 5.97 Å². The minimum absolute atomic E-state index is 0.0928. The van der Waals surface area contributed by atoms with Crippen LogP contribution < -0.4 is 4.90 Å². The Morgan fingerprint density at radius 1 is 1.40 bits per heavy atom. The van der Waals surface area contributed by atoms with Crippen molar-refractivity contribution in [2.45, 2.75) is 26.3 Å². The molecule has 0 fully saturated rings. The van der Waals surface area contributed by atoms with Gasteiger partial charge in [-0.15, -0.1) is 0 Å². The Morgan fingerprint density at radius 3 is 2.35 bits per heavy atom. The summed E-state index contributed by atoms with van der Waals surface area (Å²) in [7, 11) is 1.51. The lowest BCUT2D eigenvalue weighted by Gasteiger charge is -2.31. The van der Waals surface area contributed by atoms with Crippen molar-refractivity contribution in [2.24, 2.45) is 0 Å². The van der Waals surface area contributed by atoms with E-state index in [4.69, 9.17) is 9.84 Å².